The number of aryl methyl sites for hydroxylation is 1. The average molecular weight is 239 g/mol. The number of hydrogen-bond donors (Lipinski definition) is 1. The first-order valence-corrected chi connectivity index (χ1v) is 6.59. The minimum absolute atomic E-state index is 0.0877. The number of allylic oxidation sites excluding steroid dienone is 2. The lowest BCUT2D eigenvalue weighted by atomic mass is 9.91. The molecule has 0 saturated carbocycles. The van der Waals surface area contributed by atoms with Crippen molar-refractivity contribution in [3.8, 4) is 0 Å². The second kappa shape index (κ2) is 5.83. The molecular formula is C17H21N. The van der Waals surface area contributed by atoms with Crippen LogP contribution in [0.2, 0.25) is 0 Å². The largest absolute Gasteiger partial charge is 0.300 e. The van der Waals surface area contributed by atoms with E-state index in [4.69, 9.17) is 0 Å². The smallest absolute Gasteiger partial charge is 0.0588 e. The van der Waals surface area contributed by atoms with Crippen molar-refractivity contribution in [2.45, 2.75) is 31.8 Å². The van der Waals surface area contributed by atoms with Crippen molar-refractivity contribution in [1.82, 2.24) is 5.32 Å². The molecule has 18 heavy (non-hydrogen) atoms. The summed E-state index contributed by atoms with van der Waals surface area (Å²) in [5, 5.41) is 3.62. The normalized spacial score (nSPS) is 22.1. The van der Waals surface area contributed by atoms with Gasteiger partial charge in [-0.2, -0.15) is 0 Å². The molecule has 0 spiro atoms. The predicted molar refractivity (Wildman–Crippen MR) is 78.5 cm³/mol. The molecular weight excluding hydrogens is 218 g/mol. The molecule has 1 nitrogen and oxygen atoms in total. The summed E-state index contributed by atoms with van der Waals surface area (Å²) in [6, 6.07) is 8.61. The Morgan fingerprint density at radius 1 is 1.28 bits per heavy atom. The monoisotopic (exact) mass is 239 g/mol. The van der Waals surface area contributed by atoms with Gasteiger partial charge in [-0.15, -0.1) is 6.58 Å². The second-order valence-corrected chi connectivity index (χ2v) is 4.71. The van der Waals surface area contributed by atoms with Gasteiger partial charge in [0.25, 0.3) is 0 Å². The number of hydrogen-bond acceptors (Lipinski definition) is 1. The third kappa shape index (κ3) is 2.80. The zero-order valence-corrected chi connectivity index (χ0v) is 11.0. The molecule has 1 aromatic carbocycles. The maximum atomic E-state index is 3.96. The van der Waals surface area contributed by atoms with Crippen LogP contribution < -0.4 is 5.32 Å². The van der Waals surface area contributed by atoms with Crippen LogP contribution in [-0.2, 0) is 13.0 Å². The highest BCUT2D eigenvalue weighted by atomic mass is 15.0. The van der Waals surface area contributed by atoms with Gasteiger partial charge < -0.3 is 5.32 Å². The van der Waals surface area contributed by atoms with E-state index in [0.717, 1.165) is 19.4 Å². The van der Waals surface area contributed by atoms with Gasteiger partial charge in [0.15, 0.2) is 0 Å². The number of nitrogens with one attached hydrogen (secondary N) is 1. The minimum atomic E-state index is -0.0877. The van der Waals surface area contributed by atoms with Gasteiger partial charge in [0, 0.05) is 6.54 Å². The molecule has 0 amide bonds. The van der Waals surface area contributed by atoms with Crippen molar-refractivity contribution in [3.63, 3.8) is 0 Å². The zero-order valence-electron chi connectivity index (χ0n) is 11.0. The van der Waals surface area contributed by atoms with E-state index >= 15 is 0 Å². The maximum Gasteiger partial charge on any atom is 0.0588 e. The molecule has 2 rings (SSSR count). The molecule has 1 N–H and O–H groups in total. The van der Waals surface area contributed by atoms with E-state index in [1.165, 1.54) is 11.1 Å². The van der Waals surface area contributed by atoms with Gasteiger partial charge in [0.1, 0.15) is 0 Å². The summed E-state index contributed by atoms with van der Waals surface area (Å²) in [5.74, 6) is 0. The summed E-state index contributed by atoms with van der Waals surface area (Å²) < 4.78 is 0. The van der Waals surface area contributed by atoms with Crippen molar-refractivity contribution in [1.29, 1.82) is 0 Å². The summed E-state index contributed by atoms with van der Waals surface area (Å²) in [4.78, 5) is 0. The molecule has 94 valence electrons. The highest BCUT2D eigenvalue weighted by Crippen LogP contribution is 2.20. The standard InChI is InChI=1S/C17H21N/c1-3-15-10-6-7-11-16(15)14-18-17(4-2)12-8-5-9-13-17/h4-12,18H,2-3,13-14H2,1H3/t17-/m1/s1. The van der Waals surface area contributed by atoms with Crippen molar-refractivity contribution < 1.29 is 0 Å². The molecule has 0 radical (unpaired) electrons. The SMILES string of the molecule is C=C[C@@]1(NCc2ccccc2CC)C=CC=CC1. The Hall–Kier alpha value is -1.60. The summed E-state index contributed by atoms with van der Waals surface area (Å²) in [7, 11) is 0. The van der Waals surface area contributed by atoms with Gasteiger partial charge in [-0.05, 0) is 24.0 Å². The lowest BCUT2D eigenvalue weighted by molar-refractivity contribution is 0.484. The van der Waals surface area contributed by atoms with Crippen LogP contribution in [0, 0.1) is 0 Å². The van der Waals surface area contributed by atoms with Crippen LogP contribution in [0.25, 0.3) is 0 Å². The summed E-state index contributed by atoms with van der Waals surface area (Å²) in [6.45, 7) is 7.05. The predicted octanol–water partition coefficient (Wildman–Crippen LogP) is 3.78. The van der Waals surface area contributed by atoms with Crippen LogP contribution in [-0.4, -0.2) is 5.54 Å². The van der Waals surface area contributed by atoms with Crippen molar-refractivity contribution >= 4 is 0 Å². The molecule has 0 aromatic heterocycles. The topological polar surface area (TPSA) is 12.0 Å². The van der Waals surface area contributed by atoms with E-state index in [-0.39, 0.29) is 5.54 Å². The zero-order chi connectivity index (χ0) is 12.8. The molecule has 0 saturated heterocycles. The fourth-order valence-corrected chi connectivity index (χ4v) is 2.33. The van der Waals surface area contributed by atoms with Crippen molar-refractivity contribution in [2.75, 3.05) is 0 Å². The third-order valence-corrected chi connectivity index (χ3v) is 3.57. The van der Waals surface area contributed by atoms with Crippen LogP contribution in [0.1, 0.15) is 24.5 Å². The van der Waals surface area contributed by atoms with E-state index in [1.807, 2.05) is 6.08 Å². The first kappa shape index (κ1) is 12.8. The average Bonchev–Trinajstić information content (AvgIpc) is 2.46. The third-order valence-electron chi connectivity index (χ3n) is 3.57. The minimum Gasteiger partial charge on any atom is -0.300 e. The van der Waals surface area contributed by atoms with Gasteiger partial charge in [-0.25, -0.2) is 0 Å². The van der Waals surface area contributed by atoms with Crippen LogP contribution in [0.3, 0.4) is 0 Å². The Kier molecular flexibility index (Phi) is 4.16. The van der Waals surface area contributed by atoms with Crippen molar-refractivity contribution in [3.05, 3.63) is 72.4 Å². The van der Waals surface area contributed by atoms with Gasteiger partial charge in [0.2, 0.25) is 0 Å². The van der Waals surface area contributed by atoms with Crippen LogP contribution >= 0.6 is 0 Å². The molecule has 0 heterocycles. The van der Waals surface area contributed by atoms with E-state index in [2.05, 4.69) is 67.4 Å². The molecule has 0 fully saturated rings. The van der Waals surface area contributed by atoms with Crippen LogP contribution in [0.15, 0.2) is 61.2 Å². The molecule has 1 aliphatic carbocycles. The van der Waals surface area contributed by atoms with Crippen LogP contribution in [0.5, 0.6) is 0 Å². The van der Waals surface area contributed by atoms with Crippen molar-refractivity contribution in [2.24, 2.45) is 0 Å². The molecule has 0 aliphatic heterocycles. The quantitative estimate of drug-likeness (QED) is 0.771. The molecule has 1 aliphatic rings. The lowest BCUT2D eigenvalue weighted by Crippen LogP contribution is -2.41. The first-order chi connectivity index (χ1) is 8.79. The van der Waals surface area contributed by atoms with Gasteiger partial charge in [-0.3, -0.25) is 0 Å². The number of benzene rings is 1. The summed E-state index contributed by atoms with van der Waals surface area (Å²) in [6.07, 6.45) is 12.6. The summed E-state index contributed by atoms with van der Waals surface area (Å²) in [5.41, 5.74) is 2.71. The highest BCUT2D eigenvalue weighted by Gasteiger charge is 2.22. The van der Waals surface area contributed by atoms with Gasteiger partial charge in [0.05, 0.1) is 5.54 Å². The maximum absolute atomic E-state index is 3.96. The fourth-order valence-electron chi connectivity index (χ4n) is 2.33. The van der Waals surface area contributed by atoms with Gasteiger partial charge in [-0.1, -0.05) is 61.6 Å². The Bertz CT molecular complexity index is 470. The fraction of sp³-hybridized carbons (Fsp3) is 0.294. The molecule has 0 bridgehead atoms. The van der Waals surface area contributed by atoms with E-state index in [9.17, 15) is 0 Å². The Morgan fingerprint density at radius 2 is 2.06 bits per heavy atom. The van der Waals surface area contributed by atoms with E-state index in [0.29, 0.717) is 0 Å². The van der Waals surface area contributed by atoms with E-state index < -0.39 is 0 Å². The number of rotatable bonds is 5. The molecule has 1 atom stereocenters. The highest BCUT2D eigenvalue weighted by molar-refractivity contribution is 5.30. The molecule has 1 aromatic rings. The Labute approximate surface area is 110 Å². The first-order valence-electron chi connectivity index (χ1n) is 6.59. The second-order valence-electron chi connectivity index (χ2n) is 4.71. The molecule has 1 heteroatoms. The van der Waals surface area contributed by atoms with E-state index in [1.54, 1.807) is 0 Å². The Balaban J connectivity index is 2.08. The summed E-state index contributed by atoms with van der Waals surface area (Å²) >= 11 is 0. The van der Waals surface area contributed by atoms with Gasteiger partial charge >= 0.3 is 0 Å². The Morgan fingerprint density at radius 3 is 2.67 bits per heavy atom. The molecule has 0 unspecified atom stereocenters. The lowest BCUT2D eigenvalue weighted by Gasteiger charge is -2.29. The van der Waals surface area contributed by atoms with Crippen LogP contribution in [0.4, 0.5) is 0 Å².